The molecule has 2 aromatic carbocycles. The molecular weight excluding hydrogens is 284 g/mol. The largest absolute Gasteiger partial charge is 0.507 e. The first-order chi connectivity index (χ1) is 10.5. The summed E-state index contributed by atoms with van der Waals surface area (Å²) in [4.78, 5) is 22.4. The van der Waals surface area contributed by atoms with Crippen molar-refractivity contribution in [3.8, 4) is 11.8 Å². The van der Waals surface area contributed by atoms with Crippen molar-refractivity contribution in [2.45, 2.75) is 0 Å². The lowest BCUT2D eigenvalue weighted by Gasteiger charge is -2.01. The highest BCUT2D eigenvalue weighted by atomic mass is 16.6. The van der Waals surface area contributed by atoms with Crippen LogP contribution >= 0.6 is 0 Å². The van der Waals surface area contributed by atoms with Crippen molar-refractivity contribution in [3.63, 3.8) is 0 Å². The maximum absolute atomic E-state index is 12.3. The maximum Gasteiger partial charge on any atom is 0.270 e. The number of ketones is 1. The Bertz CT molecular complexity index is 819. The quantitative estimate of drug-likeness (QED) is 0.307. The molecule has 6 nitrogen and oxygen atoms in total. The number of para-hydroxylation sites is 1. The monoisotopic (exact) mass is 294 g/mol. The Morgan fingerprint density at radius 1 is 1.23 bits per heavy atom. The summed E-state index contributed by atoms with van der Waals surface area (Å²) >= 11 is 0. The number of hydrogen-bond acceptors (Lipinski definition) is 5. The molecule has 2 aromatic rings. The van der Waals surface area contributed by atoms with Crippen LogP contribution in [0.4, 0.5) is 5.69 Å². The van der Waals surface area contributed by atoms with Crippen LogP contribution in [0.5, 0.6) is 5.75 Å². The number of non-ortho nitro benzene ring substituents is 1. The van der Waals surface area contributed by atoms with Crippen LogP contribution in [0.15, 0.2) is 54.1 Å². The summed E-state index contributed by atoms with van der Waals surface area (Å²) in [5.41, 5.74) is -0.0945. The number of phenolic OH excluding ortho intramolecular Hbond substituents is 1. The Labute approximate surface area is 125 Å². The van der Waals surface area contributed by atoms with Crippen LogP contribution in [0.25, 0.3) is 6.08 Å². The number of nitro benzene ring substituents is 1. The third-order valence-electron chi connectivity index (χ3n) is 2.92. The maximum atomic E-state index is 12.3. The van der Waals surface area contributed by atoms with E-state index < -0.39 is 10.7 Å². The van der Waals surface area contributed by atoms with E-state index in [4.69, 9.17) is 5.26 Å². The highest BCUT2D eigenvalue weighted by molar-refractivity contribution is 6.14. The van der Waals surface area contributed by atoms with Gasteiger partial charge in [0.15, 0.2) is 0 Å². The highest BCUT2D eigenvalue weighted by Gasteiger charge is 2.16. The normalized spacial score (nSPS) is 10.8. The zero-order valence-corrected chi connectivity index (χ0v) is 11.3. The van der Waals surface area contributed by atoms with Crippen molar-refractivity contribution in [3.05, 3.63) is 75.3 Å². The number of phenols is 1. The molecule has 108 valence electrons. The highest BCUT2D eigenvalue weighted by Crippen LogP contribution is 2.21. The Morgan fingerprint density at radius 2 is 1.95 bits per heavy atom. The number of carbonyl (C=O) groups is 1. The molecule has 0 heterocycles. The van der Waals surface area contributed by atoms with E-state index in [0.29, 0.717) is 5.56 Å². The number of benzene rings is 2. The zero-order valence-electron chi connectivity index (χ0n) is 11.3. The lowest BCUT2D eigenvalue weighted by atomic mass is 10.0. The number of allylic oxidation sites excluding steroid dienone is 1. The number of hydrogen-bond donors (Lipinski definition) is 1. The first-order valence-electron chi connectivity index (χ1n) is 6.22. The lowest BCUT2D eigenvalue weighted by Crippen LogP contribution is -2.02. The van der Waals surface area contributed by atoms with Gasteiger partial charge in [0.25, 0.3) is 5.69 Å². The van der Waals surface area contributed by atoms with Crippen LogP contribution in [-0.2, 0) is 0 Å². The van der Waals surface area contributed by atoms with Gasteiger partial charge in [-0.25, -0.2) is 0 Å². The van der Waals surface area contributed by atoms with Crippen LogP contribution in [0, 0.1) is 21.4 Å². The molecule has 0 atom stereocenters. The molecule has 0 aliphatic rings. The summed E-state index contributed by atoms with van der Waals surface area (Å²) in [6.07, 6.45) is 1.25. The van der Waals surface area contributed by atoms with Gasteiger partial charge in [0.1, 0.15) is 17.4 Å². The molecule has 22 heavy (non-hydrogen) atoms. The van der Waals surface area contributed by atoms with Crippen molar-refractivity contribution < 1.29 is 14.8 Å². The van der Waals surface area contributed by atoms with Gasteiger partial charge in [-0.3, -0.25) is 14.9 Å². The molecule has 0 fully saturated rings. The second-order valence-electron chi connectivity index (χ2n) is 4.37. The molecule has 0 bridgehead atoms. The van der Waals surface area contributed by atoms with Crippen LogP contribution in [0.2, 0.25) is 0 Å². The standard InChI is InChI=1S/C16H10N2O4/c17-10-13(8-11-4-1-2-7-15(11)19)16(20)12-5-3-6-14(9-12)18(21)22/h1-9,19H/b13-8+. The number of nitriles is 1. The van der Waals surface area contributed by atoms with Gasteiger partial charge in [-0.05, 0) is 12.1 Å². The van der Waals surface area contributed by atoms with Crippen molar-refractivity contribution in [2.24, 2.45) is 0 Å². The second-order valence-corrected chi connectivity index (χ2v) is 4.37. The number of aromatic hydroxyl groups is 1. The minimum atomic E-state index is -0.644. The Kier molecular flexibility index (Phi) is 4.30. The molecular formula is C16H10N2O4. The molecule has 6 heteroatoms. The molecule has 0 spiro atoms. The summed E-state index contributed by atoms with van der Waals surface area (Å²) < 4.78 is 0. The fraction of sp³-hybridized carbons (Fsp3) is 0. The van der Waals surface area contributed by atoms with Crippen molar-refractivity contribution in [2.75, 3.05) is 0 Å². The number of Topliss-reactive ketones (excluding diaryl/α,β-unsaturated/α-hetero) is 1. The summed E-state index contributed by atoms with van der Waals surface area (Å²) in [6, 6.07) is 13.1. The number of nitro groups is 1. The average molecular weight is 294 g/mol. The smallest absolute Gasteiger partial charge is 0.270 e. The summed E-state index contributed by atoms with van der Waals surface area (Å²) in [6.45, 7) is 0. The van der Waals surface area contributed by atoms with E-state index in [2.05, 4.69) is 0 Å². The second kappa shape index (κ2) is 6.33. The molecule has 0 aliphatic heterocycles. The van der Waals surface area contributed by atoms with E-state index in [0.717, 1.165) is 6.07 Å². The molecule has 0 radical (unpaired) electrons. The Balaban J connectivity index is 2.42. The average Bonchev–Trinajstić information content (AvgIpc) is 2.53. The first kappa shape index (κ1) is 14.9. The summed E-state index contributed by atoms with van der Waals surface area (Å²) in [5, 5.41) is 29.5. The van der Waals surface area contributed by atoms with Gasteiger partial charge in [0.05, 0.1) is 4.92 Å². The molecule has 0 aliphatic carbocycles. The van der Waals surface area contributed by atoms with E-state index in [-0.39, 0.29) is 22.6 Å². The van der Waals surface area contributed by atoms with Gasteiger partial charge in [-0.1, -0.05) is 30.3 Å². The Morgan fingerprint density at radius 3 is 2.59 bits per heavy atom. The molecule has 0 amide bonds. The van der Waals surface area contributed by atoms with Crippen LogP contribution in [0.1, 0.15) is 15.9 Å². The fourth-order valence-electron chi connectivity index (χ4n) is 1.83. The van der Waals surface area contributed by atoms with Gasteiger partial charge < -0.3 is 5.11 Å². The van der Waals surface area contributed by atoms with Crippen LogP contribution in [0.3, 0.4) is 0 Å². The number of carbonyl (C=O) groups excluding carboxylic acids is 1. The minimum Gasteiger partial charge on any atom is -0.507 e. The molecule has 1 N–H and O–H groups in total. The van der Waals surface area contributed by atoms with E-state index in [1.165, 1.54) is 30.3 Å². The molecule has 2 rings (SSSR count). The topological polar surface area (TPSA) is 104 Å². The van der Waals surface area contributed by atoms with Crippen molar-refractivity contribution in [1.82, 2.24) is 0 Å². The third-order valence-corrected chi connectivity index (χ3v) is 2.92. The summed E-state index contributed by atoms with van der Waals surface area (Å²) in [7, 11) is 0. The number of rotatable bonds is 4. The van der Waals surface area contributed by atoms with Gasteiger partial charge >= 0.3 is 0 Å². The van der Waals surface area contributed by atoms with Gasteiger partial charge in [0, 0.05) is 23.3 Å². The SMILES string of the molecule is N#C/C(=C\c1ccccc1O)C(=O)c1cccc([N+](=O)[O-])c1. The van der Waals surface area contributed by atoms with Crippen molar-refractivity contribution in [1.29, 1.82) is 5.26 Å². The third kappa shape index (κ3) is 3.16. The molecule has 0 saturated heterocycles. The van der Waals surface area contributed by atoms with Gasteiger partial charge in [-0.15, -0.1) is 0 Å². The predicted molar refractivity (Wildman–Crippen MR) is 79.1 cm³/mol. The van der Waals surface area contributed by atoms with E-state index in [9.17, 15) is 20.0 Å². The zero-order chi connectivity index (χ0) is 16.1. The van der Waals surface area contributed by atoms with Gasteiger partial charge in [-0.2, -0.15) is 5.26 Å². The summed E-state index contributed by atoms with van der Waals surface area (Å²) in [5.74, 6) is -0.712. The van der Waals surface area contributed by atoms with E-state index >= 15 is 0 Å². The van der Waals surface area contributed by atoms with Crippen LogP contribution < -0.4 is 0 Å². The van der Waals surface area contributed by atoms with Gasteiger partial charge in [0.2, 0.25) is 5.78 Å². The lowest BCUT2D eigenvalue weighted by molar-refractivity contribution is -0.384. The first-order valence-corrected chi connectivity index (χ1v) is 6.22. The minimum absolute atomic E-state index is 0.0393. The van der Waals surface area contributed by atoms with Crippen LogP contribution in [-0.4, -0.2) is 15.8 Å². The molecule has 0 saturated carbocycles. The molecule has 0 aromatic heterocycles. The Hall–Kier alpha value is -3.46. The predicted octanol–water partition coefficient (Wildman–Crippen LogP) is 3.09. The molecule has 0 unspecified atom stereocenters. The number of nitrogens with zero attached hydrogens (tertiary/aromatic N) is 2. The van der Waals surface area contributed by atoms with E-state index in [1.54, 1.807) is 24.3 Å². The fourth-order valence-corrected chi connectivity index (χ4v) is 1.83. The van der Waals surface area contributed by atoms with E-state index in [1.807, 2.05) is 0 Å². The van der Waals surface area contributed by atoms with Crippen molar-refractivity contribution >= 4 is 17.5 Å².